The SMILES string of the molecule is COc1ccc(OCc2cncc(C)c2)c(C=O)c1. The van der Waals surface area contributed by atoms with Crippen LogP contribution in [-0.4, -0.2) is 18.4 Å². The molecule has 0 amide bonds. The molecule has 0 fully saturated rings. The van der Waals surface area contributed by atoms with Crippen molar-refractivity contribution in [1.29, 1.82) is 0 Å². The fourth-order valence-electron chi connectivity index (χ4n) is 1.73. The van der Waals surface area contributed by atoms with Crippen LogP contribution in [0.25, 0.3) is 0 Å². The van der Waals surface area contributed by atoms with Gasteiger partial charge in [0, 0.05) is 18.0 Å². The Morgan fingerprint density at radius 2 is 2.11 bits per heavy atom. The minimum atomic E-state index is 0.377. The molecule has 0 aliphatic rings. The molecule has 1 aromatic heterocycles. The van der Waals surface area contributed by atoms with E-state index >= 15 is 0 Å². The van der Waals surface area contributed by atoms with E-state index in [4.69, 9.17) is 9.47 Å². The van der Waals surface area contributed by atoms with Crippen LogP contribution >= 0.6 is 0 Å². The summed E-state index contributed by atoms with van der Waals surface area (Å²) in [7, 11) is 1.56. The predicted octanol–water partition coefficient (Wildman–Crippen LogP) is 2.79. The van der Waals surface area contributed by atoms with E-state index in [9.17, 15) is 4.79 Å². The molecule has 0 aliphatic carbocycles. The topological polar surface area (TPSA) is 48.4 Å². The van der Waals surface area contributed by atoms with E-state index in [-0.39, 0.29) is 0 Å². The Bertz CT molecular complexity index is 581. The number of aryl methyl sites for hydroxylation is 1. The maximum absolute atomic E-state index is 11.0. The second-order valence-corrected chi connectivity index (χ2v) is 4.18. The van der Waals surface area contributed by atoms with Gasteiger partial charge in [-0.25, -0.2) is 0 Å². The van der Waals surface area contributed by atoms with E-state index in [1.165, 1.54) is 0 Å². The summed E-state index contributed by atoms with van der Waals surface area (Å²) in [5.41, 5.74) is 2.51. The molecule has 0 saturated heterocycles. The van der Waals surface area contributed by atoms with Crippen LogP contribution < -0.4 is 9.47 Å². The van der Waals surface area contributed by atoms with Crippen molar-refractivity contribution >= 4 is 6.29 Å². The number of aldehydes is 1. The highest BCUT2D eigenvalue weighted by Gasteiger charge is 2.05. The fourth-order valence-corrected chi connectivity index (χ4v) is 1.73. The van der Waals surface area contributed by atoms with Crippen LogP contribution in [0.5, 0.6) is 11.5 Å². The second-order valence-electron chi connectivity index (χ2n) is 4.18. The quantitative estimate of drug-likeness (QED) is 0.773. The van der Waals surface area contributed by atoms with Gasteiger partial charge in [-0.2, -0.15) is 0 Å². The standard InChI is InChI=1S/C15H15NO3/c1-11-5-12(8-16-7-11)10-19-15-4-3-14(18-2)6-13(15)9-17/h3-9H,10H2,1-2H3. The highest BCUT2D eigenvalue weighted by molar-refractivity contribution is 5.80. The molecule has 0 N–H and O–H groups in total. The van der Waals surface area contributed by atoms with Crippen molar-refractivity contribution in [2.45, 2.75) is 13.5 Å². The van der Waals surface area contributed by atoms with Crippen molar-refractivity contribution in [3.63, 3.8) is 0 Å². The lowest BCUT2D eigenvalue weighted by atomic mass is 10.2. The molecule has 2 aromatic rings. The summed E-state index contributed by atoms with van der Waals surface area (Å²) < 4.78 is 10.7. The smallest absolute Gasteiger partial charge is 0.153 e. The van der Waals surface area contributed by atoms with Gasteiger partial charge in [-0.15, -0.1) is 0 Å². The molecule has 0 atom stereocenters. The third-order valence-corrected chi connectivity index (χ3v) is 2.67. The molecule has 0 spiro atoms. The summed E-state index contributed by atoms with van der Waals surface area (Å²) in [6.07, 6.45) is 4.29. The van der Waals surface area contributed by atoms with Gasteiger partial charge < -0.3 is 9.47 Å². The molecule has 0 radical (unpaired) electrons. The Balaban J connectivity index is 2.13. The lowest BCUT2D eigenvalue weighted by molar-refractivity contribution is 0.111. The Morgan fingerprint density at radius 3 is 2.79 bits per heavy atom. The molecule has 0 aliphatic heterocycles. The summed E-state index contributed by atoms with van der Waals surface area (Å²) in [4.78, 5) is 15.1. The number of hydrogen-bond donors (Lipinski definition) is 0. The minimum absolute atomic E-state index is 0.377. The van der Waals surface area contributed by atoms with Gasteiger partial charge in [0.1, 0.15) is 18.1 Å². The first-order chi connectivity index (χ1) is 9.22. The van der Waals surface area contributed by atoms with Gasteiger partial charge in [0.2, 0.25) is 0 Å². The van der Waals surface area contributed by atoms with Crippen molar-refractivity contribution in [2.24, 2.45) is 0 Å². The van der Waals surface area contributed by atoms with Crippen molar-refractivity contribution in [2.75, 3.05) is 7.11 Å². The Labute approximate surface area is 112 Å². The summed E-state index contributed by atoms with van der Waals surface area (Å²) >= 11 is 0. The average Bonchev–Trinajstić information content (AvgIpc) is 2.45. The summed E-state index contributed by atoms with van der Waals surface area (Å²) in [5, 5.41) is 0. The molecule has 2 rings (SSSR count). The van der Waals surface area contributed by atoms with E-state index in [0.29, 0.717) is 23.7 Å². The van der Waals surface area contributed by atoms with Gasteiger partial charge in [0.15, 0.2) is 6.29 Å². The summed E-state index contributed by atoms with van der Waals surface area (Å²) in [6.45, 7) is 2.35. The number of ether oxygens (including phenoxy) is 2. The van der Waals surface area contributed by atoms with Gasteiger partial charge in [0.25, 0.3) is 0 Å². The first-order valence-electron chi connectivity index (χ1n) is 5.89. The monoisotopic (exact) mass is 257 g/mol. The lowest BCUT2D eigenvalue weighted by Crippen LogP contribution is -1.99. The Morgan fingerprint density at radius 1 is 1.26 bits per heavy atom. The molecule has 19 heavy (non-hydrogen) atoms. The van der Waals surface area contributed by atoms with Crippen LogP contribution in [0.2, 0.25) is 0 Å². The molecule has 1 heterocycles. The number of pyridine rings is 1. The van der Waals surface area contributed by atoms with Crippen molar-refractivity contribution in [3.8, 4) is 11.5 Å². The normalized spacial score (nSPS) is 10.0. The number of methoxy groups -OCH3 is 1. The first kappa shape index (κ1) is 13.1. The van der Waals surface area contributed by atoms with Crippen LogP contribution in [0.1, 0.15) is 21.5 Å². The molecule has 0 unspecified atom stereocenters. The van der Waals surface area contributed by atoms with Crippen LogP contribution in [0, 0.1) is 6.92 Å². The predicted molar refractivity (Wildman–Crippen MR) is 71.7 cm³/mol. The molecular weight excluding hydrogens is 242 g/mol. The zero-order valence-corrected chi connectivity index (χ0v) is 10.9. The van der Waals surface area contributed by atoms with Crippen molar-refractivity contribution in [3.05, 3.63) is 53.3 Å². The van der Waals surface area contributed by atoms with Crippen LogP contribution in [0.3, 0.4) is 0 Å². The third-order valence-electron chi connectivity index (χ3n) is 2.67. The number of rotatable bonds is 5. The number of hydrogen-bond acceptors (Lipinski definition) is 4. The van der Waals surface area contributed by atoms with Gasteiger partial charge >= 0.3 is 0 Å². The van der Waals surface area contributed by atoms with Crippen molar-refractivity contribution < 1.29 is 14.3 Å². The molecule has 4 heteroatoms. The van der Waals surface area contributed by atoms with Gasteiger partial charge in [-0.1, -0.05) is 0 Å². The first-order valence-corrected chi connectivity index (χ1v) is 5.89. The molecule has 0 saturated carbocycles. The van der Waals surface area contributed by atoms with E-state index in [0.717, 1.165) is 17.4 Å². The largest absolute Gasteiger partial charge is 0.497 e. The minimum Gasteiger partial charge on any atom is -0.497 e. The molecule has 1 aromatic carbocycles. The summed E-state index contributed by atoms with van der Waals surface area (Å²) in [6, 6.07) is 7.14. The Hall–Kier alpha value is -2.36. The summed E-state index contributed by atoms with van der Waals surface area (Å²) in [5.74, 6) is 1.17. The van der Waals surface area contributed by atoms with Crippen LogP contribution in [-0.2, 0) is 6.61 Å². The van der Waals surface area contributed by atoms with Crippen molar-refractivity contribution in [1.82, 2.24) is 4.98 Å². The number of nitrogens with zero attached hydrogens (tertiary/aromatic N) is 1. The molecular formula is C15H15NO3. The molecule has 0 bridgehead atoms. The zero-order chi connectivity index (χ0) is 13.7. The van der Waals surface area contributed by atoms with Crippen LogP contribution in [0.4, 0.5) is 0 Å². The number of benzene rings is 1. The maximum atomic E-state index is 11.0. The van der Waals surface area contributed by atoms with Gasteiger partial charge in [0.05, 0.1) is 12.7 Å². The maximum Gasteiger partial charge on any atom is 0.153 e. The highest BCUT2D eigenvalue weighted by atomic mass is 16.5. The Kier molecular flexibility index (Phi) is 4.13. The highest BCUT2D eigenvalue weighted by Crippen LogP contribution is 2.23. The average molecular weight is 257 g/mol. The van der Waals surface area contributed by atoms with E-state index < -0.39 is 0 Å². The van der Waals surface area contributed by atoms with E-state index in [2.05, 4.69) is 4.98 Å². The third kappa shape index (κ3) is 3.31. The second kappa shape index (κ2) is 6.00. The van der Waals surface area contributed by atoms with Gasteiger partial charge in [-0.3, -0.25) is 9.78 Å². The zero-order valence-electron chi connectivity index (χ0n) is 10.9. The van der Waals surface area contributed by atoms with E-state index in [1.807, 2.05) is 13.0 Å². The fraction of sp³-hybridized carbons (Fsp3) is 0.200. The number of aromatic nitrogens is 1. The molecule has 98 valence electrons. The lowest BCUT2D eigenvalue weighted by Gasteiger charge is -2.10. The number of carbonyl (C=O) groups excluding carboxylic acids is 1. The van der Waals surface area contributed by atoms with E-state index in [1.54, 1.807) is 37.7 Å². The van der Waals surface area contributed by atoms with Gasteiger partial charge in [-0.05, 0) is 36.8 Å². The van der Waals surface area contributed by atoms with Crippen LogP contribution in [0.15, 0.2) is 36.7 Å². The molecule has 4 nitrogen and oxygen atoms in total. The number of carbonyl (C=O) groups is 1.